The fourth-order valence-electron chi connectivity index (χ4n) is 4.35. The maximum absolute atomic E-state index is 12.4. The van der Waals surface area contributed by atoms with Gasteiger partial charge in [-0.2, -0.15) is 0 Å². The predicted molar refractivity (Wildman–Crippen MR) is 78.5 cm³/mol. The van der Waals surface area contributed by atoms with Gasteiger partial charge in [0.15, 0.2) is 0 Å². The second-order valence-corrected chi connectivity index (χ2v) is 7.92. The lowest BCUT2D eigenvalue weighted by molar-refractivity contribution is -0.127. The zero-order valence-electron chi connectivity index (χ0n) is 12.9. The van der Waals surface area contributed by atoms with E-state index in [1.807, 2.05) is 0 Å². The van der Waals surface area contributed by atoms with Crippen LogP contribution in [0.2, 0.25) is 0 Å². The third-order valence-electron chi connectivity index (χ3n) is 4.99. The van der Waals surface area contributed by atoms with E-state index in [1.54, 1.807) is 0 Å². The number of rotatable bonds is 5. The summed E-state index contributed by atoms with van der Waals surface area (Å²) in [5.74, 6) is 2.10. The third kappa shape index (κ3) is 3.31. The molecule has 0 saturated heterocycles. The zero-order valence-corrected chi connectivity index (χ0v) is 12.9. The summed E-state index contributed by atoms with van der Waals surface area (Å²) in [4.78, 5) is 12.4. The molecule has 0 heterocycles. The van der Waals surface area contributed by atoms with Crippen LogP contribution in [0.3, 0.4) is 0 Å². The quantitative estimate of drug-likeness (QED) is 0.803. The Balaban J connectivity index is 1.85. The molecule has 2 fully saturated rings. The van der Waals surface area contributed by atoms with Crippen molar-refractivity contribution in [3.63, 3.8) is 0 Å². The molecule has 2 aliphatic rings. The molecule has 4 unspecified atom stereocenters. The van der Waals surface area contributed by atoms with Crippen LogP contribution >= 0.6 is 0 Å². The monoisotopic (exact) mass is 266 g/mol. The molecule has 4 atom stereocenters. The molecule has 2 saturated carbocycles. The van der Waals surface area contributed by atoms with E-state index >= 15 is 0 Å². The van der Waals surface area contributed by atoms with Gasteiger partial charge in [-0.1, -0.05) is 27.7 Å². The molecule has 19 heavy (non-hydrogen) atoms. The van der Waals surface area contributed by atoms with Gasteiger partial charge in [0.2, 0.25) is 5.91 Å². The summed E-state index contributed by atoms with van der Waals surface area (Å²) < 4.78 is 0. The molecule has 110 valence electrons. The molecule has 3 N–H and O–H groups in total. The van der Waals surface area contributed by atoms with E-state index in [0.717, 1.165) is 13.0 Å². The van der Waals surface area contributed by atoms with Crippen molar-refractivity contribution in [2.75, 3.05) is 6.54 Å². The first-order chi connectivity index (χ1) is 8.80. The average molecular weight is 266 g/mol. The first kappa shape index (κ1) is 14.8. The maximum atomic E-state index is 12.4. The van der Waals surface area contributed by atoms with Crippen molar-refractivity contribution in [2.24, 2.45) is 34.8 Å². The van der Waals surface area contributed by atoms with Crippen LogP contribution in [0.25, 0.3) is 0 Å². The highest BCUT2D eigenvalue weighted by atomic mass is 16.1. The molecular formula is C16H30N2O. The van der Waals surface area contributed by atoms with Crippen LogP contribution in [0.1, 0.15) is 53.4 Å². The second-order valence-electron chi connectivity index (χ2n) is 7.92. The molecule has 0 aromatic carbocycles. The van der Waals surface area contributed by atoms with Gasteiger partial charge in [0, 0.05) is 12.6 Å². The van der Waals surface area contributed by atoms with Crippen LogP contribution in [-0.2, 0) is 4.79 Å². The van der Waals surface area contributed by atoms with Crippen LogP contribution < -0.4 is 11.1 Å². The van der Waals surface area contributed by atoms with Crippen molar-refractivity contribution < 1.29 is 4.79 Å². The number of fused-ring (bicyclic) bond motifs is 2. The number of hydrogen-bond acceptors (Lipinski definition) is 2. The molecule has 3 heteroatoms. The second kappa shape index (κ2) is 5.43. The Morgan fingerprint density at radius 3 is 2.47 bits per heavy atom. The Morgan fingerprint density at radius 2 is 1.95 bits per heavy atom. The van der Waals surface area contributed by atoms with E-state index in [2.05, 4.69) is 33.0 Å². The lowest BCUT2D eigenvalue weighted by Crippen LogP contribution is -2.47. The van der Waals surface area contributed by atoms with Gasteiger partial charge in [0.1, 0.15) is 0 Å². The van der Waals surface area contributed by atoms with Gasteiger partial charge in [-0.05, 0) is 48.9 Å². The van der Waals surface area contributed by atoms with Crippen molar-refractivity contribution in [3.05, 3.63) is 0 Å². The summed E-state index contributed by atoms with van der Waals surface area (Å²) in [5, 5.41) is 3.17. The fourth-order valence-corrected chi connectivity index (χ4v) is 4.35. The Labute approximate surface area is 117 Å². The van der Waals surface area contributed by atoms with E-state index in [9.17, 15) is 4.79 Å². The SMILES string of the molecule is CC(C)CC(C)(C)CNC(=O)C1C2CCC(C2)C1N. The zero-order chi connectivity index (χ0) is 14.2. The van der Waals surface area contributed by atoms with Gasteiger partial charge < -0.3 is 11.1 Å². The minimum Gasteiger partial charge on any atom is -0.355 e. The molecule has 2 rings (SSSR count). The molecular weight excluding hydrogens is 236 g/mol. The summed E-state index contributed by atoms with van der Waals surface area (Å²) in [7, 11) is 0. The van der Waals surface area contributed by atoms with Crippen molar-refractivity contribution in [1.29, 1.82) is 0 Å². The Bertz CT molecular complexity index is 336. The lowest BCUT2D eigenvalue weighted by atomic mass is 9.82. The molecule has 1 amide bonds. The van der Waals surface area contributed by atoms with Gasteiger partial charge in [0.05, 0.1) is 5.92 Å². The van der Waals surface area contributed by atoms with Crippen molar-refractivity contribution in [3.8, 4) is 0 Å². The lowest BCUT2D eigenvalue weighted by Gasteiger charge is -2.31. The van der Waals surface area contributed by atoms with Crippen molar-refractivity contribution >= 4 is 5.91 Å². The summed E-state index contributed by atoms with van der Waals surface area (Å²) in [5.41, 5.74) is 6.40. The first-order valence-electron chi connectivity index (χ1n) is 7.83. The topological polar surface area (TPSA) is 55.1 Å². The Kier molecular flexibility index (Phi) is 4.24. The van der Waals surface area contributed by atoms with E-state index in [0.29, 0.717) is 17.8 Å². The van der Waals surface area contributed by atoms with Crippen LogP contribution in [-0.4, -0.2) is 18.5 Å². The Hall–Kier alpha value is -0.570. The average Bonchev–Trinajstić information content (AvgIpc) is 2.84. The number of nitrogens with two attached hydrogens (primary N) is 1. The fraction of sp³-hybridized carbons (Fsp3) is 0.938. The minimum absolute atomic E-state index is 0.0774. The van der Waals surface area contributed by atoms with Gasteiger partial charge in [-0.15, -0.1) is 0 Å². The molecule has 2 aliphatic carbocycles. The molecule has 0 aliphatic heterocycles. The highest BCUT2D eigenvalue weighted by Crippen LogP contribution is 2.47. The smallest absolute Gasteiger partial charge is 0.224 e. The number of amides is 1. The van der Waals surface area contributed by atoms with Gasteiger partial charge in [-0.25, -0.2) is 0 Å². The number of nitrogens with one attached hydrogen (secondary N) is 1. The highest BCUT2D eigenvalue weighted by molar-refractivity contribution is 5.80. The van der Waals surface area contributed by atoms with Crippen molar-refractivity contribution in [1.82, 2.24) is 5.32 Å². The van der Waals surface area contributed by atoms with Crippen molar-refractivity contribution in [2.45, 2.75) is 59.4 Å². The van der Waals surface area contributed by atoms with E-state index < -0.39 is 0 Å². The standard InChI is InChI=1S/C16H30N2O/c1-10(2)8-16(3,4)9-18-15(19)13-11-5-6-12(7-11)14(13)17/h10-14H,5-9,17H2,1-4H3,(H,18,19). The summed E-state index contributed by atoms with van der Waals surface area (Å²) in [6.07, 6.45) is 4.74. The van der Waals surface area contributed by atoms with E-state index in [4.69, 9.17) is 5.73 Å². The molecule has 2 bridgehead atoms. The third-order valence-corrected chi connectivity index (χ3v) is 4.99. The van der Waals surface area contributed by atoms with Crippen LogP contribution in [0.15, 0.2) is 0 Å². The number of hydrogen-bond donors (Lipinski definition) is 2. The Morgan fingerprint density at radius 1 is 1.32 bits per heavy atom. The van der Waals surface area contributed by atoms with Gasteiger partial charge >= 0.3 is 0 Å². The number of carbonyl (C=O) groups excluding carboxylic acids is 1. The molecule has 0 aromatic heterocycles. The normalized spacial score (nSPS) is 34.0. The van der Waals surface area contributed by atoms with E-state index in [1.165, 1.54) is 19.3 Å². The highest BCUT2D eigenvalue weighted by Gasteiger charge is 2.49. The first-order valence-corrected chi connectivity index (χ1v) is 7.83. The van der Waals surface area contributed by atoms with E-state index in [-0.39, 0.29) is 23.3 Å². The van der Waals surface area contributed by atoms with Crippen LogP contribution in [0.5, 0.6) is 0 Å². The minimum atomic E-state index is 0.0774. The number of carbonyl (C=O) groups is 1. The predicted octanol–water partition coefficient (Wildman–Crippen LogP) is 2.55. The maximum Gasteiger partial charge on any atom is 0.224 e. The molecule has 0 spiro atoms. The van der Waals surface area contributed by atoms with Crippen LogP contribution in [0.4, 0.5) is 0 Å². The largest absolute Gasteiger partial charge is 0.355 e. The molecule has 3 nitrogen and oxygen atoms in total. The summed E-state index contributed by atoms with van der Waals surface area (Å²) in [6, 6.07) is 0.104. The van der Waals surface area contributed by atoms with Gasteiger partial charge in [-0.3, -0.25) is 4.79 Å². The molecule has 0 aromatic rings. The van der Waals surface area contributed by atoms with Crippen LogP contribution in [0, 0.1) is 29.1 Å². The summed E-state index contributed by atoms with van der Waals surface area (Å²) in [6.45, 7) is 9.69. The summed E-state index contributed by atoms with van der Waals surface area (Å²) >= 11 is 0. The van der Waals surface area contributed by atoms with Gasteiger partial charge in [0.25, 0.3) is 0 Å². The molecule has 0 radical (unpaired) electrons.